The van der Waals surface area contributed by atoms with Gasteiger partial charge in [0.15, 0.2) is 5.13 Å². The molecule has 1 saturated heterocycles. The number of nitrogens with zero attached hydrogens (tertiary/aromatic N) is 4. The van der Waals surface area contributed by atoms with Crippen LogP contribution in [0, 0.1) is 5.92 Å². The van der Waals surface area contributed by atoms with Gasteiger partial charge in [-0.3, -0.25) is 14.7 Å². The van der Waals surface area contributed by atoms with Crippen LogP contribution < -0.4 is 4.90 Å². The number of amides is 1. The van der Waals surface area contributed by atoms with E-state index in [2.05, 4.69) is 18.0 Å². The number of hydrogen-bond donors (Lipinski definition) is 0. The van der Waals surface area contributed by atoms with E-state index in [0.717, 1.165) is 33.5 Å². The lowest BCUT2D eigenvalue weighted by molar-refractivity contribution is 0.0985. The molecule has 0 unspecified atom stereocenters. The van der Waals surface area contributed by atoms with Gasteiger partial charge in [0.2, 0.25) is 10.0 Å². The molecule has 1 amide bonds. The number of hydrogen-bond acceptors (Lipinski definition) is 7. The van der Waals surface area contributed by atoms with Crippen molar-refractivity contribution in [1.29, 1.82) is 0 Å². The number of benzene rings is 2. The summed E-state index contributed by atoms with van der Waals surface area (Å²) in [5, 5.41) is 0.584. The summed E-state index contributed by atoms with van der Waals surface area (Å²) < 4.78 is 28.8. The summed E-state index contributed by atoms with van der Waals surface area (Å²) >= 11 is 3.12. The van der Waals surface area contributed by atoms with Gasteiger partial charge in [-0.25, -0.2) is 13.4 Å². The molecule has 1 aliphatic rings. The van der Waals surface area contributed by atoms with Gasteiger partial charge in [-0.05, 0) is 79.1 Å². The molecular formula is C27H28N4O3S3. The molecule has 1 aliphatic heterocycles. The zero-order valence-electron chi connectivity index (χ0n) is 20.7. The number of thioether (sulfide) groups is 1. The Kier molecular flexibility index (Phi) is 7.62. The van der Waals surface area contributed by atoms with Crippen LogP contribution in [-0.4, -0.2) is 47.9 Å². The number of aromatic nitrogens is 2. The lowest BCUT2D eigenvalue weighted by Crippen LogP contribution is -2.37. The van der Waals surface area contributed by atoms with Crippen LogP contribution in [0.1, 0.15) is 35.7 Å². The summed E-state index contributed by atoms with van der Waals surface area (Å²) in [7, 11) is -3.58. The van der Waals surface area contributed by atoms with Gasteiger partial charge in [-0.2, -0.15) is 4.31 Å². The molecule has 1 fully saturated rings. The van der Waals surface area contributed by atoms with Crippen molar-refractivity contribution >= 4 is 54.4 Å². The molecule has 0 bridgehead atoms. The normalized spacial score (nSPS) is 15.2. The Labute approximate surface area is 225 Å². The highest BCUT2D eigenvalue weighted by atomic mass is 32.2. The molecule has 0 radical (unpaired) electrons. The third-order valence-corrected chi connectivity index (χ3v) is 10.3. The van der Waals surface area contributed by atoms with E-state index < -0.39 is 10.0 Å². The molecule has 0 spiro atoms. The minimum absolute atomic E-state index is 0.210. The predicted octanol–water partition coefficient (Wildman–Crippen LogP) is 5.68. The maximum atomic E-state index is 13.8. The van der Waals surface area contributed by atoms with Crippen molar-refractivity contribution in [1.82, 2.24) is 14.3 Å². The van der Waals surface area contributed by atoms with E-state index in [1.807, 2.05) is 30.5 Å². The second kappa shape index (κ2) is 10.9. The van der Waals surface area contributed by atoms with Crippen molar-refractivity contribution in [3.8, 4) is 0 Å². The monoisotopic (exact) mass is 552 g/mol. The minimum Gasteiger partial charge on any atom is -0.279 e. The van der Waals surface area contributed by atoms with Crippen LogP contribution in [0.25, 0.3) is 10.2 Å². The molecule has 5 rings (SSSR count). The summed E-state index contributed by atoms with van der Waals surface area (Å²) in [6, 6.07) is 16.1. The van der Waals surface area contributed by atoms with Crippen molar-refractivity contribution < 1.29 is 13.2 Å². The summed E-state index contributed by atoms with van der Waals surface area (Å²) in [6.07, 6.45) is 7.17. The summed E-state index contributed by atoms with van der Waals surface area (Å²) in [4.78, 5) is 25.7. The van der Waals surface area contributed by atoms with Gasteiger partial charge in [0, 0.05) is 35.9 Å². The third-order valence-electron chi connectivity index (χ3n) is 6.61. The number of anilines is 1. The number of sulfonamides is 1. The molecule has 0 saturated carbocycles. The van der Waals surface area contributed by atoms with E-state index in [0.29, 0.717) is 36.2 Å². The topological polar surface area (TPSA) is 83.5 Å². The lowest BCUT2D eigenvalue weighted by atomic mass is 10.0. The zero-order chi connectivity index (χ0) is 26.0. The van der Waals surface area contributed by atoms with E-state index in [1.165, 1.54) is 23.5 Å². The number of fused-ring (bicyclic) bond motifs is 1. The highest BCUT2D eigenvalue weighted by molar-refractivity contribution is 7.98. The van der Waals surface area contributed by atoms with Crippen LogP contribution in [0.5, 0.6) is 0 Å². The van der Waals surface area contributed by atoms with E-state index in [9.17, 15) is 13.2 Å². The number of carbonyl (C=O) groups excluding carboxylic acids is 1. The fourth-order valence-electron chi connectivity index (χ4n) is 4.34. The molecule has 192 valence electrons. The fraction of sp³-hybridized carbons (Fsp3) is 0.296. The van der Waals surface area contributed by atoms with Crippen LogP contribution in [0.15, 0.2) is 76.8 Å². The first kappa shape index (κ1) is 25.8. The Hall–Kier alpha value is -2.79. The van der Waals surface area contributed by atoms with Crippen molar-refractivity contribution in [3.05, 3.63) is 78.1 Å². The smallest absolute Gasteiger partial charge is 0.260 e. The van der Waals surface area contributed by atoms with Gasteiger partial charge in [0.25, 0.3) is 5.91 Å². The molecule has 2 aromatic heterocycles. The highest BCUT2D eigenvalue weighted by Gasteiger charge is 2.29. The van der Waals surface area contributed by atoms with Crippen LogP contribution in [0.2, 0.25) is 0 Å². The van der Waals surface area contributed by atoms with Crippen molar-refractivity contribution in [2.24, 2.45) is 5.92 Å². The molecule has 37 heavy (non-hydrogen) atoms. The average Bonchev–Trinajstić information content (AvgIpc) is 3.35. The van der Waals surface area contributed by atoms with Crippen molar-refractivity contribution in [3.63, 3.8) is 0 Å². The highest BCUT2D eigenvalue weighted by Crippen LogP contribution is 2.33. The fourth-order valence-corrected chi connectivity index (χ4v) is 7.32. The summed E-state index contributed by atoms with van der Waals surface area (Å²) in [6.45, 7) is 3.50. The van der Waals surface area contributed by atoms with Crippen LogP contribution in [0.4, 0.5) is 5.13 Å². The predicted molar refractivity (Wildman–Crippen MR) is 150 cm³/mol. The number of pyridine rings is 1. The van der Waals surface area contributed by atoms with Crippen LogP contribution >= 0.6 is 23.1 Å². The molecule has 3 heterocycles. The number of carbonyl (C=O) groups is 1. The number of rotatable bonds is 7. The zero-order valence-corrected chi connectivity index (χ0v) is 23.2. The van der Waals surface area contributed by atoms with Crippen LogP contribution in [0.3, 0.4) is 0 Å². The van der Waals surface area contributed by atoms with Gasteiger partial charge in [0.1, 0.15) is 0 Å². The Morgan fingerprint density at radius 2 is 1.89 bits per heavy atom. The molecule has 2 aromatic carbocycles. The first-order chi connectivity index (χ1) is 17.8. The van der Waals surface area contributed by atoms with Gasteiger partial charge >= 0.3 is 0 Å². The Bertz CT molecular complexity index is 1500. The van der Waals surface area contributed by atoms with E-state index in [1.54, 1.807) is 45.5 Å². The number of piperidine rings is 1. The second-order valence-corrected chi connectivity index (χ2v) is 13.0. The van der Waals surface area contributed by atoms with E-state index in [4.69, 9.17) is 4.98 Å². The van der Waals surface area contributed by atoms with E-state index >= 15 is 0 Å². The third kappa shape index (κ3) is 5.57. The molecule has 7 nitrogen and oxygen atoms in total. The molecule has 0 atom stereocenters. The minimum atomic E-state index is -3.58. The molecule has 4 aromatic rings. The Balaban J connectivity index is 1.45. The van der Waals surface area contributed by atoms with Crippen LogP contribution in [-0.2, 0) is 16.6 Å². The van der Waals surface area contributed by atoms with E-state index in [-0.39, 0.29) is 10.8 Å². The Morgan fingerprint density at radius 1 is 1.14 bits per heavy atom. The van der Waals surface area contributed by atoms with Gasteiger partial charge in [-0.1, -0.05) is 24.3 Å². The largest absolute Gasteiger partial charge is 0.279 e. The summed E-state index contributed by atoms with van der Waals surface area (Å²) in [5.74, 6) is 0.288. The quantitative estimate of drug-likeness (QED) is 0.274. The van der Waals surface area contributed by atoms with Gasteiger partial charge < -0.3 is 0 Å². The van der Waals surface area contributed by atoms with Crippen molar-refractivity contribution in [2.75, 3.05) is 24.2 Å². The molecule has 10 heteroatoms. The summed E-state index contributed by atoms with van der Waals surface area (Å²) in [5.41, 5.74) is 2.11. The molecule has 0 aliphatic carbocycles. The molecule has 0 N–H and O–H groups in total. The molecular weight excluding hydrogens is 525 g/mol. The first-order valence-electron chi connectivity index (χ1n) is 12.1. The Morgan fingerprint density at radius 3 is 2.57 bits per heavy atom. The van der Waals surface area contributed by atoms with Crippen molar-refractivity contribution in [2.45, 2.75) is 36.1 Å². The number of thiazole rings is 1. The van der Waals surface area contributed by atoms with Gasteiger partial charge in [0.05, 0.1) is 21.7 Å². The first-order valence-corrected chi connectivity index (χ1v) is 15.6. The van der Waals surface area contributed by atoms with Gasteiger partial charge in [-0.15, -0.1) is 11.8 Å². The second-order valence-electron chi connectivity index (χ2n) is 9.19. The maximum Gasteiger partial charge on any atom is 0.260 e. The SMILES string of the molecule is CSc1ccc2nc(N(Cc3cccnc3)C(=O)c3ccc(S(=O)(=O)N4CCC(C)CC4)cc3)sc2c1. The lowest BCUT2D eigenvalue weighted by Gasteiger charge is -2.29. The standard InChI is InChI=1S/C27H28N4O3S3/c1-19-11-14-30(15-12-19)37(33,34)23-8-5-21(6-9-23)26(32)31(18-20-4-3-13-28-17-20)27-29-24-10-7-22(35-2)16-25(24)36-27/h3-10,13,16-17,19H,11-12,14-15,18H2,1-2H3. The maximum absolute atomic E-state index is 13.8. The average molecular weight is 553 g/mol.